The standard InChI is InChI=1S/C9H13N5O3S/c15-5-7-3-8(4-10-7)18(16,17)13-2-1-9-11-6-12-14-9/h3-4,6,10,13,15H,1-2,5H2,(H,11,12,14). The van der Waals surface area contributed by atoms with Crippen LogP contribution in [0.5, 0.6) is 0 Å². The molecule has 0 aromatic carbocycles. The second-order valence-corrected chi connectivity index (χ2v) is 5.37. The van der Waals surface area contributed by atoms with Gasteiger partial charge in [-0.2, -0.15) is 5.10 Å². The maximum Gasteiger partial charge on any atom is 0.242 e. The molecule has 0 saturated carbocycles. The van der Waals surface area contributed by atoms with Crippen molar-refractivity contribution in [2.45, 2.75) is 17.9 Å². The van der Waals surface area contributed by atoms with Crippen molar-refractivity contribution in [1.29, 1.82) is 0 Å². The summed E-state index contributed by atoms with van der Waals surface area (Å²) in [4.78, 5) is 6.65. The Kier molecular flexibility index (Phi) is 3.75. The smallest absolute Gasteiger partial charge is 0.242 e. The Balaban J connectivity index is 1.95. The Morgan fingerprint density at radius 1 is 1.44 bits per heavy atom. The van der Waals surface area contributed by atoms with Crippen molar-refractivity contribution >= 4 is 10.0 Å². The summed E-state index contributed by atoms with van der Waals surface area (Å²) < 4.78 is 26.1. The van der Waals surface area contributed by atoms with Crippen molar-refractivity contribution in [2.75, 3.05) is 6.54 Å². The average Bonchev–Trinajstić information content (AvgIpc) is 2.99. The van der Waals surface area contributed by atoms with Crippen LogP contribution in [0.4, 0.5) is 0 Å². The van der Waals surface area contributed by atoms with E-state index in [1.807, 2.05) is 0 Å². The molecule has 2 rings (SSSR count). The predicted octanol–water partition coefficient (Wildman–Crippen LogP) is -0.854. The molecule has 0 aliphatic heterocycles. The summed E-state index contributed by atoms with van der Waals surface area (Å²) in [6.45, 7) is -0.00918. The number of aromatic nitrogens is 4. The van der Waals surface area contributed by atoms with Gasteiger partial charge in [-0.05, 0) is 6.07 Å². The second-order valence-electron chi connectivity index (χ2n) is 3.60. The second kappa shape index (κ2) is 5.29. The number of aliphatic hydroxyl groups excluding tert-OH is 1. The van der Waals surface area contributed by atoms with E-state index in [-0.39, 0.29) is 18.0 Å². The SMILES string of the molecule is O=S(=O)(NCCc1ncn[nH]1)c1c[nH]c(CO)c1. The van der Waals surface area contributed by atoms with Crippen LogP contribution in [-0.2, 0) is 23.1 Å². The summed E-state index contributed by atoms with van der Waals surface area (Å²) in [6.07, 6.45) is 3.13. The predicted molar refractivity (Wildman–Crippen MR) is 62.0 cm³/mol. The Labute approximate surface area is 104 Å². The van der Waals surface area contributed by atoms with E-state index >= 15 is 0 Å². The van der Waals surface area contributed by atoms with Gasteiger partial charge in [0.25, 0.3) is 0 Å². The van der Waals surface area contributed by atoms with Gasteiger partial charge in [0.2, 0.25) is 10.0 Å². The highest BCUT2D eigenvalue weighted by Crippen LogP contribution is 2.10. The highest BCUT2D eigenvalue weighted by Gasteiger charge is 2.15. The summed E-state index contributed by atoms with van der Waals surface area (Å²) in [5, 5.41) is 15.2. The lowest BCUT2D eigenvalue weighted by atomic mass is 10.4. The summed E-state index contributed by atoms with van der Waals surface area (Å²) in [6, 6.07) is 1.39. The Bertz CT molecular complexity index is 590. The number of sulfonamides is 1. The zero-order valence-corrected chi connectivity index (χ0v) is 10.2. The van der Waals surface area contributed by atoms with E-state index in [1.165, 1.54) is 18.6 Å². The molecular weight excluding hydrogens is 258 g/mol. The number of hydrogen-bond donors (Lipinski definition) is 4. The number of aromatic amines is 2. The largest absolute Gasteiger partial charge is 0.390 e. The lowest BCUT2D eigenvalue weighted by Gasteiger charge is -2.02. The molecule has 0 unspecified atom stereocenters. The first-order valence-electron chi connectivity index (χ1n) is 5.24. The van der Waals surface area contributed by atoms with Crippen LogP contribution < -0.4 is 4.72 Å². The normalized spacial score (nSPS) is 11.8. The number of rotatable bonds is 6. The quantitative estimate of drug-likeness (QED) is 0.544. The zero-order chi connectivity index (χ0) is 13.0. The molecule has 0 atom stereocenters. The van der Waals surface area contributed by atoms with Gasteiger partial charge in [-0.15, -0.1) is 0 Å². The fourth-order valence-electron chi connectivity index (χ4n) is 1.40. The molecule has 2 heterocycles. The number of aliphatic hydroxyl groups is 1. The molecule has 2 aromatic rings. The first-order chi connectivity index (χ1) is 8.62. The van der Waals surface area contributed by atoms with Crippen molar-refractivity contribution in [2.24, 2.45) is 0 Å². The minimum atomic E-state index is -3.56. The molecule has 0 saturated heterocycles. The first-order valence-corrected chi connectivity index (χ1v) is 6.72. The lowest BCUT2D eigenvalue weighted by Crippen LogP contribution is -2.25. The van der Waals surface area contributed by atoms with Gasteiger partial charge in [0.05, 0.1) is 11.5 Å². The van der Waals surface area contributed by atoms with E-state index in [2.05, 4.69) is 24.9 Å². The van der Waals surface area contributed by atoms with Gasteiger partial charge in [0.1, 0.15) is 12.2 Å². The van der Waals surface area contributed by atoms with E-state index in [1.54, 1.807) is 0 Å². The van der Waals surface area contributed by atoms with Gasteiger partial charge in [-0.1, -0.05) is 0 Å². The van der Waals surface area contributed by atoms with Crippen LogP contribution >= 0.6 is 0 Å². The summed E-state index contributed by atoms with van der Waals surface area (Å²) in [7, 11) is -3.56. The molecule has 8 nitrogen and oxygen atoms in total. The third-order valence-corrected chi connectivity index (χ3v) is 3.76. The third kappa shape index (κ3) is 2.94. The van der Waals surface area contributed by atoms with E-state index in [4.69, 9.17) is 5.11 Å². The van der Waals surface area contributed by atoms with Crippen LogP contribution in [0.2, 0.25) is 0 Å². The van der Waals surface area contributed by atoms with E-state index < -0.39 is 10.0 Å². The van der Waals surface area contributed by atoms with E-state index in [9.17, 15) is 8.42 Å². The van der Waals surface area contributed by atoms with Crippen molar-refractivity contribution in [3.63, 3.8) is 0 Å². The van der Waals surface area contributed by atoms with Crippen LogP contribution in [0.3, 0.4) is 0 Å². The molecule has 0 radical (unpaired) electrons. The minimum absolute atomic E-state index is 0.101. The number of hydrogen-bond acceptors (Lipinski definition) is 5. The van der Waals surface area contributed by atoms with Crippen molar-refractivity contribution < 1.29 is 13.5 Å². The van der Waals surface area contributed by atoms with Gasteiger partial charge in [-0.25, -0.2) is 18.1 Å². The molecular formula is C9H13N5O3S. The van der Waals surface area contributed by atoms with Crippen LogP contribution in [0, 0.1) is 0 Å². The molecule has 4 N–H and O–H groups in total. The maximum absolute atomic E-state index is 11.8. The Morgan fingerprint density at radius 3 is 2.89 bits per heavy atom. The molecule has 0 bridgehead atoms. The number of nitrogens with one attached hydrogen (secondary N) is 3. The fraction of sp³-hybridized carbons (Fsp3) is 0.333. The molecule has 9 heteroatoms. The number of H-pyrrole nitrogens is 2. The maximum atomic E-state index is 11.8. The van der Waals surface area contributed by atoms with Gasteiger partial charge in [0, 0.05) is 24.9 Å². The van der Waals surface area contributed by atoms with Gasteiger partial charge in [-0.3, -0.25) is 5.10 Å². The summed E-state index contributed by atoms with van der Waals surface area (Å²) >= 11 is 0. The van der Waals surface area contributed by atoms with Gasteiger partial charge < -0.3 is 10.1 Å². The molecule has 0 spiro atoms. The molecule has 98 valence electrons. The van der Waals surface area contributed by atoms with Crippen LogP contribution in [-0.4, -0.2) is 40.2 Å². The number of nitrogens with zero attached hydrogens (tertiary/aromatic N) is 2. The molecule has 18 heavy (non-hydrogen) atoms. The summed E-state index contributed by atoms with van der Waals surface area (Å²) in [5.74, 6) is 0.614. The summed E-state index contributed by atoms with van der Waals surface area (Å²) in [5.41, 5.74) is 0.450. The van der Waals surface area contributed by atoms with Crippen LogP contribution in [0.1, 0.15) is 11.5 Å². The average molecular weight is 271 g/mol. The van der Waals surface area contributed by atoms with Crippen LogP contribution in [0.25, 0.3) is 0 Å². The molecule has 0 amide bonds. The third-order valence-electron chi connectivity index (χ3n) is 2.32. The Hall–Kier alpha value is -1.71. The topological polar surface area (TPSA) is 124 Å². The van der Waals surface area contributed by atoms with Crippen molar-refractivity contribution in [3.8, 4) is 0 Å². The molecule has 2 aromatic heterocycles. The van der Waals surface area contributed by atoms with E-state index in [0.717, 1.165) is 0 Å². The van der Waals surface area contributed by atoms with Gasteiger partial charge >= 0.3 is 0 Å². The van der Waals surface area contributed by atoms with E-state index in [0.29, 0.717) is 17.9 Å². The van der Waals surface area contributed by atoms with Crippen molar-refractivity contribution in [1.82, 2.24) is 24.9 Å². The van der Waals surface area contributed by atoms with Crippen molar-refractivity contribution in [3.05, 3.63) is 30.1 Å². The minimum Gasteiger partial charge on any atom is -0.390 e. The molecule has 0 aliphatic carbocycles. The first kappa shape index (κ1) is 12.7. The highest BCUT2D eigenvalue weighted by atomic mass is 32.2. The molecule has 0 aliphatic rings. The monoisotopic (exact) mass is 271 g/mol. The zero-order valence-electron chi connectivity index (χ0n) is 9.42. The fourth-order valence-corrected chi connectivity index (χ4v) is 2.45. The Morgan fingerprint density at radius 2 is 2.28 bits per heavy atom. The highest BCUT2D eigenvalue weighted by molar-refractivity contribution is 7.89. The lowest BCUT2D eigenvalue weighted by molar-refractivity contribution is 0.277. The van der Waals surface area contributed by atoms with Gasteiger partial charge in [0.15, 0.2) is 0 Å². The van der Waals surface area contributed by atoms with Crippen LogP contribution in [0.15, 0.2) is 23.5 Å². The molecule has 0 fully saturated rings.